The number of hydrogen-bond acceptors (Lipinski definition) is 5. The predicted octanol–water partition coefficient (Wildman–Crippen LogP) is 3.86. The Morgan fingerprint density at radius 2 is 2.32 bits per heavy atom. The summed E-state index contributed by atoms with van der Waals surface area (Å²) >= 11 is 3.20. The number of ether oxygens (including phenoxy) is 1. The molecule has 1 aliphatic rings. The Labute approximate surface area is 138 Å². The number of carbonyl (C=O) groups excluding carboxylic acids is 1. The standard InChI is InChI=1S/C16H20N2O2S2/c1-3-11-15(21-10(2)18-11)9-17-16(19)14-7-6-13(22-14)12-5-4-8-20-12/h6-7,12H,3-5,8-9H2,1-2H3,(H,17,19)/t12-/m0/s1. The minimum atomic E-state index is -0.0117. The van der Waals surface area contributed by atoms with Gasteiger partial charge in [-0.05, 0) is 38.3 Å². The zero-order valence-corrected chi connectivity index (χ0v) is 14.5. The van der Waals surface area contributed by atoms with Gasteiger partial charge >= 0.3 is 0 Å². The second-order valence-electron chi connectivity index (χ2n) is 5.34. The predicted molar refractivity (Wildman–Crippen MR) is 89.6 cm³/mol. The molecule has 0 spiro atoms. The van der Waals surface area contributed by atoms with E-state index < -0.39 is 0 Å². The van der Waals surface area contributed by atoms with Crippen LogP contribution in [0.2, 0.25) is 0 Å². The highest BCUT2D eigenvalue weighted by Gasteiger charge is 2.21. The summed E-state index contributed by atoms with van der Waals surface area (Å²) < 4.78 is 5.67. The van der Waals surface area contributed by atoms with Gasteiger partial charge in [-0.2, -0.15) is 0 Å². The van der Waals surface area contributed by atoms with E-state index >= 15 is 0 Å². The second kappa shape index (κ2) is 6.89. The molecule has 2 aromatic rings. The third kappa shape index (κ3) is 3.39. The highest BCUT2D eigenvalue weighted by Crippen LogP contribution is 2.33. The largest absolute Gasteiger partial charge is 0.373 e. The van der Waals surface area contributed by atoms with Gasteiger partial charge in [-0.15, -0.1) is 22.7 Å². The summed E-state index contributed by atoms with van der Waals surface area (Å²) in [5.41, 5.74) is 1.09. The highest BCUT2D eigenvalue weighted by molar-refractivity contribution is 7.14. The molecule has 1 saturated heterocycles. The maximum atomic E-state index is 12.3. The Bertz CT molecular complexity index is 657. The van der Waals surface area contributed by atoms with Crippen LogP contribution in [0, 0.1) is 6.92 Å². The number of thiazole rings is 1. The van der Waals surface area contributed by atoms with E-state index in [0.29, 0.717) is 6.54 Å². The van der Waals surface area contributed by atoms with Crippen LogP contribution in [-0.2, 0) is 17.7 Å². The van der Waals surface area contributed by atoms with Gasteiger partial charge in [-0.3, -0.25) is 4.79 Å². The number of carbonyl (C=O) groups is 1. The summed E-state index contributed by atoms with van der Waals surface area (Å²) in [6, 6.07) is 3.92. The summed E-state index contributed by atoms with van der Waals surface area (Å²) in [7, 11) is 0. The summed E-state index contributed by atoms with van der Waals surface area (Å²) in [5.74, 6) is -0.0117. The molecule has 1 amide bonds. The fourth-order valence-corrected chi connectivity index (χ4v) is 4.60. The van der Waals surface area contributed by atoms with Gasteiger partial charge in [0.05, 0.1) is 28.2 Å². The van der Waals surface area contributed by atoms with Crippen molar-refractivity contribution < 1.29 is 9.53 Å². The Kier molecular flexibility index (Phi) is 4.90. The monoisotopic (exact) mass is 336 g/mol. The molecule has 6 heteroatoms. The van der Waals surface area contributed by atoms with E-state index in [2.05, 4.69) is 17.2 Å². The lowest BCUT2D eigenvalue weighted by atomic mass is 10.2. The second-order valence-corrected chi connectivity index (χ2v) is 7.75. The Hall–Kier alpha value is -1.24. The van der Waals surface area contributed by atoms with Gasteiger partial charge in [0.1, 0.15) is 0 Å². The van der Waals surface area contributed by atoms with Crippen molar-refractivity contribution in [2.75, 3.05) is 6.61 Å². The smallest absolute Gasteiger partial charge is 0.261 e. The molecule has 1 aliphatic heterocycles. The molecule has 3 heterocycles. The van der Waals surface area contributed by atoms with Crippen LogP contribution in [0.3, 0.4) is 0 Å². The van der Waals surface area contributed by atoms with Crippen LogP contribution in [0.1, 0.15) is 56.0 Å². The van der Waals surface area contributed by atoms with Crippen LogP contribution in [0.5, 0.6) is 0 Å². The number of aromatic nitrogens is 1. The van der Waals surface area contributed by atoms with Crippen LogP contribution in [0.25, 0.3) is 0 Å². The molecule has 0 radical (unpaired) electrons. The maximum absolute atomic E-state index is 12.3. The van der Waals surface area contributed by atoms with E-state index in [-0.39, 0.29) is 12.0 Å². The van der Waals surface area contributed by atoms with Gasteiger partial charge in [0.25, 0.3) is 5.91 Å². The fraction of sp³-hybridized carbons (Fsp3) is 0.500. The third-order valence-electron chi connectivity index (χ3n) is 3.73. The lowest BCUT2D eigenvalue weighted by Gasteiger charge is -2.05. The van der Waals surface area contributed by atoms with Crippen LogP contribution in [0.15, 0.2) is 12.1 Å². The first-order chi connectivity index (χ1) is 10.7. The van der Waals surface area contributed by atoms with Crippen molar-refractivity contribution in [3.8, 4) is 0 Å². The average Bonchev–Trinajstić information content (AvgIpc) is 3.23. The summed E-state index contributed by atoms with van der Waals surface area (Å²) in [5, 5.41) is 4.06. The number of amides is 1. The molecule has 3 rings (SSSR count). The quantitative estimate of drug-likeness (QED) is 0.902. The van der Waals surface area contributed by atoms with Gasteiger partial charge in [0.15, 0.2) is 0 Å². The molecule has 118 valence electrons. The minimum absolute atomic E-state index is 0.0117. The van der Waals surface area contributed by atoms with Crippen molar-refractivity contribution >= 4 is 28.6 Å². The lowest BCUT2D eigenvalue weighted by molar-refractivity contribution is 0.0955. The van der Waals surface area contributed by atoms with Gasteiger partial charge < -0.3 is 10.1 Å². The summed E-state index contributed by atoms with van der Waals surface area (Å²) in [6.45, 7) is 5.48. The first-order valence-electron chi connectivity index (χ1n) is 7.62. The summed E-state index contributed by atoms with van der Waals surface area (Å²) in [4.78, 5) is 19.9. The van der Waals surface area contributed by atoms with Gasteiger partial charge in [-0.1, -0.05) is 6.92 Å². The first kappa shape index (κ1) is 15.6. The Balaban J connectivity index is 1.62. The van der Waals surface area contributed by atoms with Crippen LogP contribution >= 0.6 is 22.7 Å². The zero-order chi connectivity index (χ0) is 15.5. The van der Waals surface area contributed by atoms with E-state index in [1.54, 1.807) is 11.3 Å². The van der Waals surface area contributed by atoms with Crippen LogP contribution in [-0.4, -0.2) is 17.5 Å². The first-order valence-corrected chi connectivity index (χ1v) is 9.25. The van der Waals surface area contributed by atoms with E-state index in [9.17, 15) is 4.79 Å². The molecule has 0 saturated carbocycles. The van der Waals surface area contributed by atoms with E-state index in [0.717, 1.165) is 51.2 Å². The lowest BCUT2D eigenvalue weighted by Crippen LogP contribution is -2.21. The van der Waals surface area contributed by atoms with Crippen molar-refractivity contribution in [2.24, 2.45) is 0 Å². The van der Waals surface area contributed by atoms with E-state index in [4.69, 9.17) is 4.74 Å². The maximum Gasteiger partial charge on any atom is 0.261 e. The van der Waals surface area contributed by atoms with Crippen molar-refractivity contribution in [3.05, 3.63) is 37.5 Å². The Morgan fingerprint density at radius 1 is 1.45 bits per heavy atom. The van der Waals surface area contributed by atoms with Gasteiger partial charge in [0.2, 0.25) is 0 Å². The normalized spacial score (nSPS) is 17.8. The molecule has 2 aromatic heterocycles. The molecule has 1 fully saturated rings. The molecule has 4 nitrogen and oxygen atoms in total. The van der Waals surface area contributed by atoms with Crippen molar-refractivity contribution in [1.82, 2.24) is 10.3 Å². The van der Waals surface area contributed by atoms with Crippen LogP contribution in [0.4, 0.5) is 0 Å². The topological polar surface area (TPSA) is 51.2 Å². The third-order valence-corrected chi connectivity index (χ3v) is 5.92. The van der Waals surface area contributed by atoms with Gasteiger partial charge in [0, 0.05) is 16.4 Å². The van der Waals surface area contributed by atoms with Gasteiger partial charge in [-0.25, -0.2) is 4.98 Å². The molecule has 0 aliphatic carbocycles. The number of thiophene rings is 1. The number of nitrogens with one attached hydrogen (secondary N) is 1. The zero-order valence-electron chi connectivity index (χ0n) is 12.8. The molecule has 22 heavy (non-hydrogen) atoms. The van der Waals surface area contributed by atoms with Crippen molar-refractivity contribution in [3.63, 3.8) is 0 Å². The number of nitrogens with zero attached hydrogens (tertiary/aromatic N) is 1. The van der Waals surface area contributed by atoms with E-state index in [1.165, 1.54) is 11.3 Å². The molecule has 1 atom stereocenters. The molecule has 1 N–H and O–H groups in total. The molecule has 0 unspecified atom stereocenters. The number of aryl methyl sites for hydroxylation is 2. The molecule has 0 aromatic carbocycles. The molecular weight excluding hydrogens is 316 g/mol. The SMILES string of the molecule is CCc1nc(C)sc1CNC(=O)c1ccc([C@@H]2CCCO2)s1. The number of hydrogen-bond donors (Lipinski definition) is 1. The minimum Gasteiger partial charge on any atom is -0.373 e. The Morgan fingerprint density at radius 3 is 3.05 bits per heavy atom. The molecule has 0 bridgehead atoms. The van der Waals surface area contributed by atoms with Crippen molar-refractivity contribution in [1.29, 1.82) is 0 Å². The molecular formula is C16H20N2O2S2. The number of rotatable bonds is 5. The summed E-state index contributed by atoms with van der Waals surface area (Å²) in [6.07, 6.45) is 3.25. The van der Waals surface area contributed by atoms with E-state index in [1.807, 2.05) is 19.1 Å². The highest BCUT2D eigenvalue weighted by atomic mass is 32.1. The van der Waals surface area contributed by atoms with Crippen molar-refractivity contribution in [2.45, 2.75) is 45.8 Å². The average molecular weight is 336 g/mol. The fourth-order valence-electron chi connectivity index (χ4n) is 2.62. The van der Waals surface area contributed by atoms with Crippen LogP contribution < -0.4 is 5.32 Å².